The molecule has 1 aromatic heterocycles. The van der Waals surface area contributed by atoms with Gasteiger partial charge in [-0.05, 0) is 18.2 Å². The molecule has 0 saturated heterocycles. The molecule has 5 heteroatoms. The molecule has 0 aliphatic heterocycles. The summed E-state index contributed by atoms with van der Waals surface area (Å²) in [6, 6.07) is 5.58. The number of hydrogen-bond acceptors (Lipinski definition) is 3. The number of benzene rings is 1. The third-order valence-electron chi connectivity index (χ3n) is 2.21. The van der Waals surface area contributed by atoms with Crippen molar-refractivity contribution in [3.8, 4) is 5.75 Å². The summed E-state index contributed by atoms with van der Waals surface area (Å²) >= 11 is 6.84. The largest absolute Gasteiger partial charge is 0.496 e. The lowest BCUT2D eigenvalue weighted by Crippen LogP contribution is -2.01. The molecule has 0 amide bonds. The van der Waals surface area contributed by atoms with E-state index >= 15 is 0 Å². The lowest BCUT2D eigenvalue weighted by molar-refractivity contribution is 0.103. The minimum absolute atomic E-state index is 0.0129. The van der Waals surface area contributed by atoms with Crippen LogP contribution in [0, 0.1) is 5.82 Å². The van der Waals surface area contributed by atoms with E-state index in [9.17, 15) is 9.18 Å². The molecule has 17 heavy (non-hydrogen) atoms. The standard InChI is InChI=1S/C12H8ClFO2S/c1-16-8-5-11(17-6-8)12(15)9-3-2-7(13)4-10(9)14/h2-6H,1H3. The minimum atomic E-state index is -0.616. The van der Waals surface area contributed by atoms with Gasteiger partial charge in [-0.25, -0.2) is 4.39 Å². The number of ether oxygens (including phenoxy) is 1. The summed E-state index contributed by atoms with van der Waals surface area (Å²) in [7, 11) is 1.51. The van der Waals surface area contributed by atoms with Crippen LogP contribution in [0.25, 0.3) is 0 Å². The van der Waals surface area contributed by atoms with Crippen LogP contribution in [-0.4, -0.2) is 12.9 Å². The normalized spacial score (nSPS) is 10.3. The second-order valence-electron chi connectivity index (χ2n) is 3.30. The number of carbonyl (C=O) groups is 1. The molecule has 0 radical (unpaired) electrons. The third-order valence-corrected chi connectivity index (χ3v) is 3.35. The summed E-state index contributed by atoms with van der Waals surface area (Å²) in [6.07, 6.45) is 0. The van der Waals surface area contributed by atoms with E-state index in [1.807, 2.05) is 0 Å². The summed E-state index contributed by atoms with van der Waals surface area (Å²) < 4.78 is 18.5. The Kier molecular flexibility index (Phi) is 3.45. The van der Waals surface area contributed by atoms with Crippen LogP contribution in [0.1, 0.15) is 15.2 Å². The molecule has 0 aliphatic rings. The van der Waals surface area contributed by atoms with E-state index in [1.165, 1.54) is 30.6 Å². The monoisotopic (exact) mass is 270 g/mol. The number of hydrogen-bond donors (Lipinski definition) is 0. The van der Waals surface area contributed by atoms with Crippen molar-refractivity contribution in [2.24, 2.45) is 0 Å². The van der Waals surface area contributed by atoms with Crippen LogP contribution in [0.15, 0.2) is 29.6 Å². The van der Waals surface area contributed by atoms with E-state index in [0.29, 0.717) is 10.6 Å². The second-order valence-corrected chi connectivity index (χ2v) is 4.65. The van der Waals surface area contributed by atoms with Gasteiger partial charge in [0.05, 0.1) is 17.6 Å². The summed E-state index contributed by atoms with van der Waals surface area (Å²) in [5.41, 5.74) is 0.0129. The van der Waals surface area contributed by atoms with Gasteiger partial charge < -0.3 is 4.74 Å². The Labute approximate surface area is 107 Å². The van der Waals surface area contributed by atoms with Crippen molar-refractivity contribution < 1.29 is 13.9 Å². The molecule has 0 spiro atoms. The highest BCUT2D eigenvalue weighted by atomic mass is 35.5. The quantitative estimate of drug-likeness (QED) is 0.794. The van der Waals surface area contributed by atoms with Crippen molar-refractivity contribution in [3.63, 3.8) is 0 Å². The van der Waals surface area contributed by atoms with Gasteiger partial charge in [0.25, 0.3) is 0 Å². The fourth-order valence-electron chi connectivity index (χ4n) is 1.35. The van der Waals surface area contributed by atoms with Crippen molar-refractivity contribution in [1.82, 2.24) is 0 Å². The predicted molar refractivity (Wildman–Crippen MR) is 65.7 cm³/mol. The zero-order valence-electron chi connectivity index (χ0n) is 8.87. The predicted octanol–water partition coefficient (Wildman–Crippen LogP) is 3.78. The molecule has 0 atom stereocenters. The van der Waals surface area contributed by atoms with E-state index in [2.05, 4.69) is 0 Å². The van der Waals surface area contributed by atoms with Crippen molar-refractivity contribution in [1.29, 1.82) is 0 Å². The van der Waals surface area contributed by atoms with E-state index < -0.39 is 5.82 Å². The highest BCUT2D eigenvalue weighted by Gasteiger charge is 2.16. The topological polar surface area (TPSA) is 26.3 Å². The first-order chi connectivity index (χ1) is 8.11. The number of rotatable bonds is 3. The van der Waals surface area contributed by atoms with Crippen molar-refractivity contribution >= 4 is 28.7 Å². The zero-order chi connectivity index (χ0) is 12.4. The Morgan fingerprint density at radius 3 is 2.76 bits per heavy atom. The van der Waals surface area contributed by atoms with Gasteiger partial charge in [-0.15, -0.1) is 11.3 Å². The van der Waals surface area contributed by atoms with E-state index in [1.54, 1.807) is 11.4 Å². The van der Waals surface area contributed by atoms with Gasteiger partial charge in [-0.1, -0.05) is 11.6 Å². The van der Waals surface area contributed by atoms with Crippen LogP contribution in [0.2, 0.25) is 5.02 Å². The maximum atomic E-state index is 13.5. The SMILES string of the molecule is COc1csc(C(=O)c2ccc(Cl)cc2F)c1. The van der Waals surface area contributed by atoms with Gasteiger partial charge in [0.15, 0.2) is 0 Å². The molecule has 0 N–H and O–H groups in total. The molecule has 1 aromatic carbocycles. The van der Waals surface area contributed by atoms with Crippen molar-refractivity contribution in [3.05, 3.63) is 50.9 Å². The van der Waals surface area contributed by atoms with Crippen molar-refractivity contribution in [2.45, 2.75) is 0 Å². The van der Waals surface area contributed by atoms with E-state index in [0.717, 1.165) is 6.07 Å². The highest BCUT2D eigenvalue weighted by Crippen LogP contribution is 2.25. The van der Waals surface area contributed by atoms with E-state index in [-0.39, 0.29) is 16.4 Å². The molecular formula is C12H8ClFO2S. The Balaban J connectivity index is 2.36. The number of methoxy groups -OCH3 is 1. The molecule has 88 valence electrons. The fraction of sp³-hybridized carbons (Fsp3) is 0.0833. The smallest absolute Gasteiger partial charge is 0.206 e. The van der Waals surface area contributed by atoms with Crippen molar-refractivity contribution in [2.75, 3.05) is 7.11 Å². The summed E-state index contributed by atoms with van der Waals surface area (Å²) in [4.78, 5) is 12.4. The number of carbonyl (C=O) groups excluding carboxylic acids is 1. The number of halogens is 2. The molecule has 2 nitrogen and oxygen atoms in total. The molecule has 0 bridgehead atoms. The van der Waals surface area contributed by atoms with Gasteiger partial charge in [-0.2, -0.15) is 0 Å². The Morgan fingerprint density at radius 2 is 2.18 bits per heavy atom. The summed E-state index contributed by atoms with van der Waals surface area (Å²) in [5.74, 6) is -0.393. The Morgan fingerprint density at radius 1 is 1.41 bits per heavy atom. The fourth-order valence-corrected chi connectivity index (χ4v) is 2.32. The molecule has 0 unspecified atom stereocenters. The van der Waals surface area contributed by atoms with Gasteiger partial charge in [0, 0.05) is 16.5 Å². The van der Waals surface area contributed by atoms with Gasteiger partial charge >= 0.3 is 0 Å². The van der Waals surface area contributed by atoms with Crippen LogP contribution in [0.4, 0.5) is 4.39 Å². The van der Waals surface area contributed by atoms with Crippen LogP contribution >= 0.6 is 22.9 Å². The number of ketones is 1. The Hall–Kier alpha value is -1.39. The average Bonchev–Trinajstić information content (AvgIpc) is 2.76. The third kappa shape index (κ3) is 2.48. The lowest BCUT2D eigenvalue weighted by Gasteiger charge is -2.00. The summed E-state index contributed by atoms with van der Waals surface area (Å²) in [5, 5.41) is 1.96. The molecule has 2 rings (SSSR count). The molecular weight excluding hydrogens is 263 g/mol. The minimum Gasteiger partial charge on any atom is -0.496 e. The first-order valence-electron chi connectivity index (χ1n) is 4.74. The van der Waals surface area contributed by atoms with Gasteiger partial charge in [0.2, 0.25) is 5.78 Å². The van der Waals surface area contributed by atoms with Crippen LogP contribution in [0.3, 0.4) is 0 Å². The second kappa shape index (κ2) is 4.85. The zero-order valence-corrected chi connectivity index (χ0v) is 10.4. The molecule has 0 fully saturated rings. The van der Waals surface area contributed by atoms with Crippen LogP contribution in [-0.2, 0) is 0 Å². The van der Waals surface area contributed by atoms with Gasteiger partial charge in [0.1, 0.15) is 11.6 Å². The first kappa shape index (κ1) is 12.1. The lowest BCUT2D eigenvalue weighted by atomic mass is 10.1. The maximum Gasteiger partial charge on any atom is 0.206 e. The molecule has 1 heterocycles. The first-order valence-corrected chi connectivity index (χ1v) is 6.00. The maximum absolute atomic E-state index is 13.5. The van der Waals surface area contributed by atoms with Crippen LogP contribution in [0.5, 0.6) is 5.75 Å². The van der Waals surface area contributed by atoms with E-state index in [4.69, 9.17) is 16.3 Å². The Bertz CT molecular complexity index is 565. The average molecular weight is 271 g/mol. The molecule has 0 saturated carbocycles. The molecule has 0 aliphatic carbocycles. The molecule has 2 aromatic rings. The van der Waals surface area contributed by atoms with Gasteiger partial charge in [-0.3, -0.25) is 4.79 Å². The summed E-state index contributed by atoms with van der Waals surface area (Å²) in [6.45, 7) is 0. The highest BCUT2D eigenvalue weighted by molar-refractivity contribution is 7.12. The van der Waals surface area contributed by atoms with Crippen LogP contribution < -0.4 is 4.74 Å². The number of thiophene rings is 1.